The molecule has 2 aromatic carbocycles. The van der Waals surface area contributed by atoms with E-state index in [-0.39, 0.29) is 42.3 Å². The Morgan fingerprint density at radius 1 is 1.00 bits per heavy atom. The third kappa shape index (κ3) is 7.68. The summed E-state index contributed by atoms with van der Waals surface area (Å²) in [7, 11) is 2.05. The minimum atomic E-state index is -1.02. The van der Waals surface area contributed by atoms with Gasteiger partial charge >= 0.3 is 5.69 Å². The lowest BCUT2D eigenvalue weighted by Crippen LogP contribution is -2.54. The van der Waals surface area contributed by atoms with Gasteiger partial charge in [0.25, 0.3) is 0 Å². The number of likely N-dealkylation sites (N-methyl/N-ethyl adjacent to an activating group) is 1. The number of nitrogens with one attached hydrogen (secondary N) is 2. The number of anilines is 1. The fourth-order valence-corrected chi connectivity index (χ4v) is 6.91. The summed E-state index contributed by atoms with van der Waals surface area (Å²) in [5.41, 5.74) is 8.33. The number of hydrogen-bond acceptors (Lipinski definition) is 7. The zero-order valence-electron chi connectivity index (χ0n) is 24.6. The minimum absolute atomic E-state index is 0.0726. The maximum Gasteiger partial charge on any atom is 0.326 e. The SMILES string of the molecule is CN1CCN(CC(=O)NC(CC(=O)c2cc(Br)c(N)c(Br)c2)C(=O)N2CCC(n3cc(-c4ccccc4)[nH]c3=O)CC2)CC1. The maximum absolute atomic E-state index is 13.8. The van der Waals surface area contributed by atoms with Crippen LogP contribution in [0.1, 0.15) is 35.7 Å². The monoisotopic (exact) mass is 729 g/mol. The van der Waals surface area contributed by atoms with E-state index in [0.717, 1.165) is 37.4 Å². The number of piperazine rings is 1. The van der Waals surface area contributed by atoms with Gasteiger partial charge in [-0.15, -0.1) is 0 Å². The van der Waals surface area contributed by atoms with Crippen LogP contribution in [-0.2, 0) is 9.59 Å². The van der Waals surface area contributed by atoms with Gasteiger partial charge in [0.15, 0.2) is 5.78 Å². The smallest absolute Gasteiger partial charge is 0.326 e. The Kier molecular flexibility index (Phi) is 10.4. The van der Waals surface area contributed by atoms with E-state index in [2.05, 4.69) is 52.0 Å². The van der Waals surface area contributed by atoms with Gasteiger partial charge in [0.1, 0.15) is 6.04 Å². The number of amides is 2. The van der Waals surface area contributed by atoms with Gasteiger partial charge in [-0.05, 0) is 69.4 Å². The van der Waals surface area contributed by atoms with Crippen LogP contribution >= 0.6 is 31.9 Å². The lowest BCUT2D eigenvalue weighted by atomic mass is 10.00. The molecule has 1 aromatic heterocycles. The summed E-state index contributed by atoms with van der Waals surface area (Å²) in [4.78, 5) is 62.0. The number of hydrogen-bond donors (Lipinski definition) is 3. The Hall–Kier alpha value is -3.26. The van der Waals surface area contributed by atoms with E-state index < -0.39 is 6.04 Å². The molecule has 3 heterocycles. The fourth-order valence-electron chi connectivity index (χ4n) is 5.73. The van der Waals surface area contributed by atoms with Crippen LogP contribution in [-0.4, -0.2) is 101 Å². The molecule has 234 valence electrons. The molecule has 2 aliphatic rings. The number of aromatic amines is 1. The zero-order chi connectivity index (χ0) is 31.4. The number of halogens is 2. The standard InChI is InChI=1S/C31H37Br2N7O4/c1-37-11-13-38(14-12-37)19-28(42)35-25(17-27(41)21-15-23(32)29(34)24(33)16-21)30(43)39-9-7-22(8-10-39)40-18-26(36-31(40)44)20-5-3-2-4-6-20/h2-6,15-16,18,22,25H,7-14,17,19,34H2,1H3,(H,35,42)(H,36,44). The number of nitrogen functional groups attached to an aromatic ring is 1. The van der Waals surface area contributed by atoms with Crippen molar-refractivity contribution in [1.29, 1.82) is 0 Å². The number of benzene rings is 2. The number of H-pyrrole nitrogens is 1. The molecule has 13 heteroatoms. The summed E-state index contributed by atoms with van der Waals surface area (Å²) in [6.07, 6.45) is 2.80. The van der Waals surface area contributed by atoms with Crippen LogP contribution in [0.25, 0.3) is 11.3 Å². The summed E-state index contributed by atoms with van der Waals surface area (Å²) < 4.78 is 2.84. The topological polar surface area (TPSA) is 137 Å². The number of carbonyl (C=O) groups excluding carboxylic acids is 3. The third-order valence-corrected chi connectivity index (χ3v) is 9.70. The van der Waals surface area contributed by atoms with Crippen molar-refractivity contribution in [3.63, 3.8) is 0 Å². The van der Waals surface area contributed by atoms with Crippen molar-refractivity contribution >= 4 is 55.1 Å². The molecule has 5 rings (SSSR count). The predicted molar refractivity (Wildman–Crippen MR) is 176 cm³/mol. The molecule has 4 N–H and O–H groups in total. The van der Waals surface area contributed by atoms with Gasteiger partial charge in [-0.1, -0.05) is 30.3 Å². The normalized spacial score (nSPS) is 17.4. The number of imidazole rings is 1. The summed E-state index contributed by atoms with van der Waals surface area (Å²) >= 11 is 6.76. The molecule has 44 heavy (non-hydrogen) atoms. The van der Waals surface area contributed by atoms with Gasteiger partial charge in [-0.2, -0.15) is 0 Å². The van der Waals surface area contributed by atoms with Crippen molar-refractivity contribution in [2.75, 3.05) is 58.6 Å². The van der Waals surface area contributed by atoms with Crippen LogP contribution < -0.4 is 16.7 Å². The lowest BCUT2D eigenvalue weighted by Gasteiger charge is -2.35. The molecule has 3 aromatic rings. The van der Waals surface area contributed by atoms with Gasteiger partial charge in [0, 0.05) is 72.4 Å². The van der Waals surface area contributed by atoms with E-state index >= 15 is 0 Å². The van der Waals surface area contributed by atoms with E-state index in [0.29, 0.717) is 46.1 Å². The van der Waals surface area contributed by atoms with Crippen molar-refractivity contribution in [1.82, 2.24) is 29.6 Å². The molecule has 0 bridgehead atoms. The Balaban J connectivity index is 1.27. The van der Waals surface area contributed by atoms with Gasteiger partial charge in [-0.25, -0.2) is 4.79 Å². The van der Waals surface area contributed by atoms with Crippen molar-refractivity contribution in [3.8, 4) is 11.3 Å². The lowest BCUT2D eigenvalue weighted by molar-refractivity contribution is -0.137. The van der Waals surface area contributed by atoms with Crippen molar-refractivity contribution in [2.45, 2.75) is 31.3 Å². The van der Waals surface area contributed by atoms with Crippen LogP contribution in [0.2, 0.25) is 0 Å². The first-order valence-corrected chi connectivity index (χ1v) is 16.3. The van der Waals surface area contributed by atoms with E-state index in [4.69, 9.17) is 5.73 Å². The first kappa shape index (κ1) is 32.1. The molecular weight excluding hydrogens is 694 g/mol. The number of carbonyl (C=O) groups is 3. The van der Waals surface area contributed by atoms with Gasteiger partial charge < -0.3 is 25.8 Å². The molecule has 0 spiro atoms. The summed E-state index contributed by atoms with van der Waals surface area (Å²) in [5.74, 6) is -0.877. The van der Waals surface area contributed by atoms with E-state index in [1.807, 2.05) is 43.6 Å². The Morgan fingerprint density at radius 2 is 1.64 bits per heavy atom. The number of nitrogens with zero attached hydrogens (tertiary/aromatic N) is 4. The van der Waals surface area contributed by atoms with Crippen molar-refractivity contribution in [3.05, 3.63) is 73.7 Å². The highest BCUT2D eigenvalue weighted by atomic mass is 79.9. The molecule has 2 fully saturated rings. The molecule has 11 nitrogen and oxygen atoms in total. The molecule has 0 radical (unpaired) electrons. The molecule has 2 saturated heterocycles. The van der Waals surface area contributed by atoms with Gasteiger partial charge in [0.05, 0.1) is 17.9 Å². The highest BCUT2D eigenvalue weighted by Crippen LogP contribution is 2.30. The van der Waals surface area contributed by atoms with Crippen LogP contribution in [0, 0.1) is 0 Å². The average molecular weight is 731 g/mol. The highest BCUT2D eigenvalue weighted by molar-refractivity contribution is 9.11. The number of nitrogens with two attached hydrogens (primary N) is 1. The molecule has 2 amide bonds. The average Bonchev–Trinajstić information content (AvgIpc) is 3.42. The number of Topliss-reactive ketones (excluding diaryl/α,β-unsaturated/α-hetero) is 1. The van der Waals surface area contributed by atoms with Crippen LogP contribution in [0.3, 0.4) is 0 Å². The second-order valence-electron chi connectivity index (χ2n) is 11.5. The number of rotatable bonds is 9. The van der Waals surface area contributed by atoms with Crippen molar-refractivity contribution in [2.24, 2.45) is 0 Å². The quantitative estimate of drug-likeness (QED) is 0.228. The summed E-state index contributed by atoms with van der Waals surface area (Å²) in [6.45, 7) is 4.20. The first-order chi connectivity index (χ1) is 21.1. The predicted octanol–water partition coefficient (Wildman–Crippen LogP) is 3.12. The molecule has 1 atom stereocenters. The minimum Gasteiger partial charge on any atom is -0.397 e. The van der Waals surface area contributed by atoms with Gasteiger partial charge in [0.2, 0.25) is 11.8 Å². The number of ketones is 1. The van der Waals surface area contributed by atoms with E-state index in [9.17, 15) is 19.2 Å². The van der Waals surface area contributed by atoms with Crippen LogP contribution in [0.4, 0.5) is 5.69 Å². The largest absolute Gasteiger partial charge is 0.397 e. The summed E-state index contributed by atoms with van der Waals surface area (Å²) in [6, 6.07) is 11.8. The summed E-state index contributed by atoms with van der Waals surface area (Å²) in [5, 5.41) is 2.87. The second kappa shape index (κ2) is 14.2. The fraction of sp³-hybridized carbons (Fsp3) is 0.419. The van der Waals surface area contributed by atoms with Crippen molar-refractivity contribution < 1.29 is 14.4 Å². The first-order valence-electron chi connectivity index (χ1n) is 14.7. The second-order valence-corrected chi connectivity index (χ2v) is 13.2. The molecule has 0 saturated carbocycles. The number of piperidine rings is 1. The van der Waals surface area contributed by atoms with Crippen LogP contribution in [0.15, 0.2) is 62.4 Å². The Labute approximate surface area is 273 Å². The van der Waals surface area contributed by atoms with Crippen LogP contribution in [0.5, 0.6) is 0 Å². The third-order valence-electron chi connectivity index (χ3n) is 8.39. The number of likely N-dealkylation sites (tertiary alicyclic amines) is 1. The maximum atomic E-state index is 13.8. The molecular formula is C31H37Br2N7O4. The number of aromatic nitrogens is 2. The van der Waals surface area contributed by atoms with Gasteiger partial charge in [-0.3, -0.25) is 23.9 Å². The molecule has 0 aliphatic carbocycles. The zero-order valence-corrected chi connectivity index (χ0v) is 27.8. The van der Waals surface area contributed by atoms with E-state index in [1.54, 1.807) is 21.6 Å². The Bertz CT molecular complexity index is 1540. The molecule has 2 aliphatic heterocycles. The Morgan fingerprint density at radius 3 is 2.27 bits per heavy atom. The highest BCUT2D eigenvalue weighted by Gasteiger charge is 2.33. The molecule has 1 unspecified atom stereocenters. The van der Waals surface area contributed by atoms with E-state index in [1.165, 1.54) is 0 Å².